The monoisotopic (exact) mass is 624 g/mol. The van der Waals surface area contributed by atoms with Crippen LogP contribution in [0.2, 0.25) is 0 Å². The van der Waals surface area contributed by atoms with E-state index in [0.717, 1.165) is 17.2 Å². The number of nitrogens with two attached hydrogens (primary N) is 1. The molecule has 2 saturated heterocycles. The molecular weight excluding hydrogens is 587 g/mol. The third-order valence-corrected chi connectivity index (χ3v) is 9.08. The van der Waals surface area contributed by atoms with E-state index < -0.39 is 14.6 Å². The Hall–Kier alpha value is -3.61. The predicted octanol–water partition coefficient (Wildman–Crippen LogP) is 4.52. The van der Waals surface area contributed by atoms with Gasteiger partial charge in [-0.1, -0.05) is 43.3 Å². The minimum atomic E-state index is -1.76. The van der Waals surface area contributed by atoms with Gasteiger partial charge in [-0.2, -0.15) is 9.97 Å². The van der Waals surface area contributed by atoms with Crippen molar-refractivity contribution in [3.8, 4) is 11.6 Å². The van der Waals surface area contributed by atoms with Gasteiger partial charge in [0.05, 0.1) is 39.4 Å². The molecule has 2 fully saturated rings. The number of nitrogens with one attached hydrogen (secondary N) is 1. The first-order chi connectivity index (χ1) is 21.4. The minimum absolute atomic E-state index is 0.0911. The second-order valence-electron chi connectivity index (χ2n) is 11.0. The number of carbonyl (C=O) groups excluding carboxylic acids is 1. The highest BCUT2D eigenvalue weighted by molar-refractivity contribution is 7.45. The van der Waals surface area contributed by atoms with Crippen LogP contribution in [0, 0.1) is 5.92 Å². The molecule has 0 bridgehead atoms. The quantitative estimate of drug-likeness (QED) is 0.178. The lowest BCUT2D eigenvalue weighted by atomic mass is 10.1. The topological polar surface area (TPSA) is 154 Å². The highest BCUT2D eigenvalue weighted by Gasteiger charge is 2.36. The fraction of sp³-hybridized carbons (Fsp3) is 0.467. The summed E-state index contributed by atoms with van der Waals surface area (Å²) in [6.07, 6.45) is 3.01. The molecule has 13 nitrogen and oxygen atoms in total. The summed E-state index contributed by atoms with van der Waals surface area (Å²) >= 11 is 0. The number of fused-ring (bicyclic) bond motifs is 2. The second kappa shape index (κ2) is 13.6. The number of nitrogen functional groups attached to an aromatic ring is 1. The zero-order valence-corrected chi connectivity index (χ0v) is 25.8. The van der Waals surface area contributed by atoms with Gasteiger partial charge >= 0.3 is 14.5 Å². The fourth-order valence-electron chi connectivity index (χ4n) is 5.48. The van der Waals surface area contributed by atoms with E-state index in [1.807, 2.05) is 47.0 Å². The van der Waals surface area contributed by atoms with E-state index in [0.29, 0.717) is 48.8 Å². The average molecular weight is 625 g/mol. The Morgan fingerprint density at radius 1 is 1.18 bits per heavy atom. The van der Waals surface area contributed by atoms with E-state index >= 15 is 0 Å². The molecule has 5 atom stereocenters. The molecule has 2 aliphatic heterocycles. The van der Waals surface area contributed by atoms with Gasteiger partial charge in [0.25, 0.3) is 0 Å². The molecule has 3 N–H and O–H groups in total. The molecule has 2 aliphatic rings. The smallest absolute Gasteiger partial charge is 0.323 e. The molecule has 4 heterocycles. The molecule has 4 aromatic rings. The summed E-state index contributed by atoms with van der Waals surface area (Å²) in [5.74, 6) is 0.817. The zero-order valence-electron chi connectivity index (χ0n) is 24.9. The lowest BCUT2D eigenvalue weighted by Crippen LogP contribution is -2.37. The lowest BCUT2D eigenvalue weighted by molar-refractivity contribution is -0.154. The van der Waals surface area contributed by atoms with Gasteiger partial charge < -0.3 is 33.7 Å². The van der Waals surface area contributed by atoms with Crippen LogP contribution < -0.4 is 20.1 Å². The molecule has 14 heteroatoms. The number of anilines is 1. The molecule has 2 aromatic heterocycles. The number of imidazole rings is 1. The second-order valence-corrected chi connectivity index (χ2v) is 12.2. The fourth-order valence-corrected chi connectivity index (χ4v) is 6.72. The number of benzene rings is 2. The number of methoxy groups -OCH3 is 1. The van der Waals surface area contributed by atoms with Gasteiger partial charge in [0.2, 0.25) is 11.8 Å². The molecular formula is C30H37N6O7P. The first kappa shape index (κ1) is 30.4. The largest absolute Gasteiger partial charge is 0.479 e. The average Bonchev–Trinajstić information content (AvgIpc) is 3.62. The van der Waals surface area contributed by atoms with Crippen molar-refractivity contribution >= 4 is 42.4 Å². The Balaban J connectivity index is 1.16. The Bertz CT molecular complexity index is 1590. The summed E-state index contributed by atoms with van der Waals surface area (Å²) in [5, 5.41) is 5.22. The van der Waals surface area contributed by atoms with Crippen molar-refractivity contribution in [1.82, 2.24) is 24.6 Å². The minimum Gasteiger partial charge on any atom is -0.479 e. The van der Waals surface area contributed by atoms with Crippen LogP contribution in [-0.2, 0) is 23.5 Å². The van der Waals surface area contributed by atoms with Crippen LogP contribution in [-0.4, -0.2) is 70.7 Å². The van der Waals surface area contributed by atoms with E-state index in [1.165, 1.54) is 7.11 Å². The first-order valence-corrected chi connectivity index (χ1v) is 15.9. The maximum atomic E-state index is 13.0. The number of ether oxygens (including phenoxy) is 4. The number of esters is 1. The Kier molecular flexibility index (Phi) is 9.39. The molecule has 0 aliphatic carbocycles. The van der Waals surface area contributed by atoms with Crippen LogP contribution in [0.5, 0.6) is 11.6 Å². The van der Waals surface area contributed by atoms with Gasteiger partial charge in [-0.25, -0.2) is 10.1 Å². The predicted molar refractivity (Wildman–Crippen MR) is 164 cm³/mol. The van der Waals surface area contributed by atoms with Crippen molar-refractivity contribution in [2.75, 3.05) is 32.7 Å². The Labute approximate surface area is 256 Å². The molecule has 0 amide bonds. The van der Waals surface area contributed by atoms with E-state index in [1.54, 1.807) is 13.3 Å². The summed E-state index contributed by atoms with van der Waals surface area (Å²) in [6.45, 7) is 5.26. The van der Waals surface area contributed by atoms with Gasteiger partial charge in [0.15, 0.2) is 11.2 Å². The number of nitrogens with zero attached hydrogens (tertiary/aromatic N) is 4. The molecule has 2 aromatic carbocycles. The van der Waals surface area contributed by atoms with Gasteiger partial charge in [-0.05, 0) is 24.8 Å². The van der Waals surface area contributed by atoms with Crippen LogP contribution in [0.3, 0.4) is 0 Å². The van der Waals surface area contributed by atoms with Crippen molar-refractivity contribution < 1.29 is 32.8 Å². The lowest BCUT2D eigenvalue weighted by Gasteiger charge is -2.26. The van der Waals surface area contributed by atoms with Crippen LogP contribution in [0.15, 0.2) is 48.8 Å². The van der Waals surface area contributed by atoms with Crippen LogP contribution in [0.25, 0.3) is 21.9 Å². The molecule has 0 spiro atoms. The summed E-state index contributed by atoms with van der Waals surface area (Å²) in [7, 11) is -0.248. The molecule has 0 radical (unpaired) electrons. The van der Waals surface area contributed by atoms with E-state index in [4.69, 9.17) is 33.7 Å². The highest BCUT2D eigenvalue weighted by atomic mass is 31.2. The number of rotatable bonds is 11. The van der Waals surface area contributed by atoms with E-state index in [2.05, 4.69) is 27.0 Å². The summed E-state index contributed by atoms with van der Waals surface area (Å²) in [5.41, 5.74) is 6.96. The molecule has 3 unspecified atom stereocenters. The van der Waals surface area contributed by atoms with Crippen LogP contribution in [0.4, 0.5) is 5.95 Å². The van der Waals surface area contributed by atoms with Crippen LogP contribution >= 0.6 is 8.53 Å². The third kappa shape index (κ3) is 6.72. The van der Waals surface area contributed by atoms with Gasteiger partial charge in [-0.15, -0.1) is 0 Å². The maximum Gasteiger partial charge on any atom is 0.323 e. The molecule has 234 valence electrons. The van der Waals surface area contributed by atoms with Crippen LogP contribution in [0.1, 0.15) is 39.3 Å². The van der Waals surface area contributed by atoms with Crippen molar-refractivity contribution in [3.05, 3.63) is 48.8 Å². The summed E-state index contributed by atoms with van der Waals surface area (Å²) in [4.78, 5) is 25.9. The van der Waals surface area contributed by atoms with Crippen molar-refractivity contribution in [1.29, 1.82) is 0 Å². The van der Waals surface area contributed by atoms with Crippen molar-refractivity contribution in [3.63, 3.8) is 0 Å². The number of aromatic nitrogens is 4. The van der Waals surface area contributed by atoms with Gasteiger partial charge in [0, 0.05) is 24.1 Å². The third-order valence-electron chi connectivity index (χ3n) is 7.74. The standard InChI is InChI=1S/C30H37N6O7P/c1-18-15-22(41-28(18)36-17-32-25-26(36)33-30(31)34-27(25)38-3)16-40-44(35-19(2)29(37)42-21-11-13-39-14-12-21)43-24-10-6-8-20-7-4-5-9-23(20)24/h4-10,17-19,21-22,28,35H,11-16H2,1-3H3,(H2,31,33,34)/t18-,19-,22?,28?,44?/m0/s1. The SMILES string of the molecule is COc1nc(N)nc2c1ncn2C1OC(COP(N[C@@H](C)C(=O)OC2CCOCC2)Oc2cccc3ccccc23)C[C@@H]1C. The zero-order chi connectivity index (χ0) is 30.6. The molecule has 6 rings (SSSR count). The number of hydrogen-bond donors (Lipinski definition) is 2. The van der Waals surface area contributed by atoms with Crippen molar-refractivity contribution in [2.24, 2.45) is 5.92 Å². The van der Waals surface area contributed by atoms with Gasteiger partial charge in [0.1, 0.15) is 24.1 Å². The normalized spacial score (nSPS) is 22.2. The maximum absolute atomic E-state index is 13.0. The first-order valence-electron chi connectivity index (χ1n) is 14.7. The Morgan fingerprint density at radius 3 is 2.80 bits per heavy atom. The number of carbonyl (C=O) groups is 1. The number of hydrogen-bond acceptors (Lipinski definition) is 12. The Morgan fingerprint density at radius 2 is 1.98 bits per heavy atom. The molecule has 44 heavy (non-hydrogen) atoms. The summed E-state index contributed by atoms with van der Waals surface area (Å²) < 4.78 is 37.5. The van der Waals surface area contributed by atoms with Crippen molar-refractivity contribution in [2.45, 2.75) is 57.6 Å². The van der Waals surface area contributed by atoms with E-state index in [-0.39, 0.29) is 42.9 Å². The summed E-state index contributed by atoms with van der Waals surface area (Å²) in [6, 6.07) is 13.1. The van der Waals surface area contributed by atoms with Gasteiger partial charge in [-0.3, -0.25) is 9.36 Å². The molecule has 0 saturated carbocycles. The highest BCUT2D eigenvalue weighted by Crippen LogP contribution is 2.42. The van der Waals surface area contributed by atoms with E-state index in [9.17, 15) is 4.79 Å².